The monoisotopic (exact) mass is 166 g/mol. The normalized spacial score (nSPS) is 18.6. The number of aliphatic hydroxyl groups is 1. The molecular weight excluding hydrogens is 155 g/mol. The summed E-state index contributed by atoms with van der Waals surface area (Å²) in [5, 5.41) is 17.1. The molecule has 0 aliphatic carbocycles. The second-order valence-corrected chi connectivity index (χ2v) is 2.44. The van der Waals surface area contributed by atoms with Gasteiger partial charge in [-0.25, -0.2) is 9.87 Å². The lowest BCUT2D eigenvalue weighted by Gasteiger charge is -2.24. The number of amides is 1. The Bertz CT molecular complexity index is 151. The van der Waals surface area contributed by atoms with Gasteiger partial charge in [-0.3, -0.25) is 10.0 Å². The van der Waals surface area contributed by atoms with Crippen LogP contribution in [0.5, 0.6) is 0 Å². The van der Waals surface area contributed by atoms with E-state index in [0.29, 0.717) is 0 Å². The Morgan fingerprint density at radius 1 is 1.91 bits per heavy atom. The van der Waals surface area contributed by atoms with Crippen molar-refractivity contribution in [1.29, 1.82) is 0 Å². The van der Waals surface area contributed by atoms with E-state index in [9.17, 15) is 9.18 Å². The summed E-state index contributed by atoms with van der Waals surface area (Å²) in [5.41, 5.74) is 4.33. The van der Waals surface area contributed by atoms with Crippen LogP contribution < -0.4 is 11.2 Å². The number of rotatable bonds is 3. The van der Waals surface area contributed by atoms with E-state index in [1.807, 2.05) is 0 Å². The molecular formula is C5H11FN2O3. The van der Waals surface area contributed by atoms with E-state index in [-0.39, 0.29) is 0 Å². The number of carbonyl (C=O) groups excluding carboxylic acids is 1. The molecule has 2 atom stereocenters. The van der Waals surface area contributed by atoms with Gasteiger partial charge in [0, 0.05) is 0 Å². The molecule has 0 spiro atoms. The van der Waals surface area contributed by atoms with Crippen LogP contribution in [0.1, 0.15) is 6.92 Å². The molecule has 6 heteroatoms. The molecule has 0 unspecified atom stereocenters. The van der Waals surface area contributed by atoms with Crippen molar-refractivity contribution in [2.75, 3.05) is 6.67 Å². The van der Waals surface area contributed by atoms with Crippen LogP contribution in [-0.2, 0) is 4.79 Å². The molecule has 0 heterocycles. The Hall–Kier alpha value is -0.720. The molecule has 5 N–H and O–H groups in total. The first-order chi connectivity index (χ1) is 4.95. The minimum Gasteiger partial charge on any atom is -0.385 e. The first kappa shape index (κ1) is 10.3. The predicted octanol–water partition coefficient (Wildman–Crippen LogP) is -1.46. The van der Waals surface area contributed by atoms with E-state index >= 15 is 0 Å². The lowest BCUT2D eigenvalue weighted by Crippen LogP contribution is -2.55. The maximum atomic E-state index is 11.9. The van der Waals surface area contributed by atoms with Crippen LogP contribution in [0.2, 0.25) is 0 Å². The molecule has 0 bridgehead atoms. The summed E-state index contributed by atoms with van der Waals surface area (Å²) in [4.78, 5) is 10.5. The van der Waals surface area contributed by atoms with Gasteiger partial charge in [0.05, 0.1) is 0 Å². The molecule has 0 saturated carbocycles. The summed E-state index contributed by atoms with van der Waals surface area (Å²) in [6.07, 6.45) is 0. The van der Waals surface area contributed by atoms with Gasteiger partial charge < -0.3 is 10.8 Å². The van der Waals surface area contributed by atoms with Crippen LogP contribution in [0.3, 0.4) is 0 Å². The predicted molar refractivity (Wildman–Crippen MR) is 34.5 cm³/mol. The first-order valence-corrected chi connectivity index (χ1v) is 2.93. The zero-order valence-electron chi connectivity index (χ0n) is 6.04. The quantitative estimate of drug-likeness (QED) is 0.304. The molecule has 0 aromatic rings. The zero-order valence-corrected chi connectivity index (χ0v) is 6.04. The Labute approximate surface area is 63.0 Å². The summed E-state index contributed by atoms with van der Waals surface area (Å²) < 4.78 is 11.9. The maximum absolute atomic E-state index is 11.9. The highest BCUT2D eigenvalue weighted by Gasteiger charge is 2.34. The molecule has 0 aliphatic rings. The highest BCUT2D eigenvalue weighted by atomic mass is 19.1. The molecule has 5 nitrogen and oxygen atoms in total. The van der Waals surface area contributed by atoms with Gasteiger partial charge >= 0.3 is 0 Å². The van der Waals surface area contributed by atoms with Crippen LogP contribution in [0.4, 0.5) is 4.39 Å². The fourth-order valence-corrected chi connectivity index (χ4v) is 0.435. The van der Waals surface area contributed by atoms with Crippen molar-refractivity contribution in [3.63, 3.8) is 0 Å². The van der Waals surface area contributed by atoms with Gasteiger partial charge in [-0.1, -0.05) is 0 Å². The van der Waals surface area contributed by atoms with Gasteiger partial charge in [0.2, 0.25) is 0 Å². The van der Waals surface area contributed by atoms with Gasteiger partial charge in [-0.05, 0) is 6.92 Å². The topological polar surface area (TPSA) is 95.6 Å². The van der Waals surface area contributed by atoms with Crippen molar-refractivity contribution < 1.29 is 19.5 Å². The Kier molecular flexibility index (Phi) is 3.37. The van der Waals surface area contributed by atoms with Crippen molar-refractivity contribution >= 4 is 5.91 Å². The molecule has 0 rings (SSSR count). The summed E-state index contributed by atoms with van der Waals surface area (Å²) in [7, 11) is 0. The van der Waals surface area contributed by atoms with Crippen LogP contribution >= 0.6 is 0 Å². The third-order valence-electron chi connectivity index (χ3n) is 1.33. The number of alkyl halides is 1. The van der Waals surface area contributed by atoms with E-state index in [0.717, 1.165) is 6.92 Å². The molecule has 0 aliphatic heterocycles. The van der Waals surface area contributed by atoms with Gasteiger partial charge in [0.1, 0.15) is 18.3 Å². The van der Waals surface area contributed by atoms with Crippen LogP contribution in [0.15, 0.2) is 0 Å². The summed E-state index contributed by atoms with van der Waals surface area (Å²) in [6, 6.07) is -1.47. The van der Waals surface area contributed by atoms with Gasteiger partial charge in [0.15, 0.2) is 0 Å². The molecule has 11 heavy (non-hydrogen) atoms. The Morgan fingerprint density at radius 2 is 2.36 bits per heavy atom. The Morgan fingerprint density at radius 3 is 2.64 bits per heavy atom. The zero-order chi connectivity index (χ0) is 9.07. The van der Waals surface area contributed by atoms with E-state index in [4.69, 9.17) is 16.0 Å². The lowest BCUT2D eigenvalue weighted by atomic mass is 9.99. The average Bonchev–Trinajstić information content (AvgIpc) is 2.01. The lowest BCUT2D eigenvalue weighted by molar-refractivity contribution is -0.137. The number of nitrogens with two attached hydrogens (primary N) is 1. The minimum atomic E-state index is -1.94. The van der Waals surface area contributed by atoms with E-state index in [2.05, 4.69) is 0 Å². The summed E-state index contributed by atoms with van der Waals surface area (Å²) >= 11 is 0. The number of nitrogens with one attached hydrogen (secondary N) is 1. The van der Waals surface area contributed by atoms with Gasteiger partial charge in [0.25, 0.3) is 5.91 Å². The van der Waals surface area contributed by atoms with E-state index in [1.54, 1.807) is 0 Å². The molecule has 0 saturated heterocycles. The van der Waals surface area contributed by atoms with E-state index in [1.165, 1.54) is 5.48 Å². The SMILES string of the molecule is C[C@@](O)(CF)[C@H](N)C(=O)NO. The van der Waals surface area contributed by atoms with Crippen molar-refractivity contribution in [3.8, 4) is 0 Å². The third kappa shape index (κ3) is 2.41. The molecule has 0 aromatic carbocycles. The molecule has 0 radical (unpaired) electrons. The van der Waals surface area contributed by atoms with Crippen LogP contribution in [-0.4, -0.2) is 34.5 Å². The third-order valence-corrected chi connectivity index (χ3v) is 1.33. The van der Waals surface area contributed by atoms with Crippen molar-refractivity contribution in [2.45, 2.75) is 18.6 Å². The standard InChI is InChI=1S/C5H11FN2O3/c1-5(10,2-6)3(7)4(9)8-11/h3,10-11H,2,7H2,1H3,(H,8,9)/t3-,5-/m1/s1. The van der Waals surface area contributed by atoms with Crippen molar-refractivity contribution in [1.82, 2.24) is 5.48 Å². The van der Waals surface area contributed by atoms with Crippen LogP contribution in [0.25, 0.3) is 0 Å². The highest BCUT2D eigenvalue weighted by molar-refractivity contribution is 5.81. The van der Waals surface area contributed by atoms with Crippen molar-refractivity contribution in [3.05, 3.63) is 0 Å². The molecule has 66 valence electrons. The number of hydrogen-bond donors (Lipinski definition) is 4. The smallest absolute Gasteiger partial charge is 0.263 e. The molecule has 1 amide bonds. The summed E-state index contributed by atoms with van der Waals surface area (Å²) in [6.45, 7) is -0.0888. The fraction of sp³-hybridized carbons (Fsp3) is 0.800. The fourth-order valence-electron chi connectivity index (χ4n) is 0.435. The number of hydrogen-bond acceptors (Lipinski definition) is 4. The number of carbonyl (C=O) groups is 1. The maximum Gasteiger partial charge on any atom is 0.263 e. The first-order valence-electron chi connectivity index (χ1n) is 2.93. The highest BCUT2D eigenvalue weighted by Crippen LogP contribution is 2.08. The van der Waals surface area contributed by atoms with Gasteiger partial charge in [-0.2, -0.15) is 0 Å². The Balaban J connectivity index is 4.22. The summed E-state index contributed by atoms with van der Waals surface area (Å²) in [5.74, 6) is -1.02. The largest absolute Gasteiger partial charge is 0.385 e. The van der Waals surface area contributed by atoms with Crippen LogP contribution in [0, 0.1) is 0 Å². The number of halogens is 1. The molecule has 0 fully saturated rings. The van der Waals surface area contributed by atoms with E-state index < -0.39 is 24.2 Å². The van der Waals surface area contributed by atoms with Gasteiger partial charge in [-0.15, -0.1) is 0 Å². The average molecular weight is 166 g/mol. The second kappa shape index (κ2) is 3.61. The second-order valence-electron chi connectivity index (χ2n) is 2.44. The minimum absolute atomic E-state index is 1.02. The van der Waals surface area contributed by atoms with Crippen molar-refractivity contribution in [2.24, 2.45) is 5.73 Å². The molecule has 0 aromatic heterocycles. The number of hydroxylamine groups is 1.